The maximum atomic E-state index is 3.40. The summed E-state index contributed by atoms with van der Waals surface area (Å²) in [4.78, 5) is 0. The second-order valence-electron chi connectivity index (χ2n) is 3.17. The molecule has 1 nitrogen and oxygen atoms in total. The molecule has 0 fully saturated rings. The Morgan fingerprint density at radius 2 is 1.90 bits per heavy atom. The fourth-order valence-electron chi connectivity index (χ4n) is 0.943. The minimum Gasteiger partial charge on any atom is -0.315 e. The van der Waals surface area contributed by atoms with Gasteiger partial charge < -0.3 is 5.32 Å². The molecule has 0 unspecified atom stereocenters. The van der Waals surface area contributed by atoms with Crippen molar-refractivity contribution in [3.8, 4) is 0 Å². The van der Waals surface area contributed by atoms with Crippen LogP contribution in [0.2, 0.25) is 0 Å². The molecular weight excluding hydrogens is 122 g/mol. The lowest BCUT2D eigenvalue weighted by molar-refractivity contribution is 0.546. The number of unbranched alkanes of at least 4 members (excludes halogenated alkanes) is 3. The summed E-state index contributed by atoms with van der Waals surface area (Å²) in [6.45, 7) is 7.83. The van der Waals surface area contributed by atoms with E-state index in [4.69, 9.17) is 0 Å². The van der Waals surface area contributed by atoms with Crippen molar-refractivity contribution >= 4 is 0 Å². The smallest absolute Gasteiger partial charge is 0.00103 e. The molecule has 0 aromatic rings. The molecule has 0 amide bonds. The first-order chi connectivity index (χ1) is 4.77. The van der Waals surface area contributed by atoms with E-state index < -0.39 is 0 Å². The third kappa shape index (κ3) is 7.96. The first-order valence-corrected chi connectivity index (χ1v) is 4.50. The Kier molecular flexibility index (Phi) is 7.04. The van der Waals surface area contributed by atoms with Crippen LogP contribution in [0.15, 0.2) is 0 Å². The van der Waals surface area contributed by atoms with Gasteiger partial charge in [-0.05, 0) is 13.0 Å². The summed E-state index contributed by atoms with van der Waals surface area (Å²) in [5, 5.41) is 3.40. The maximum absolute atomic E-state index is 3.40. The standard InChI is InChI=1S/C9H21N.H2/c1-4-5-6-7-8-10-9(2)3;/h9-10H,4-8H2,1-3H3;1H. The van der Waals surface area contributed by atoms with Gasteiger partial charge in [0, 0.05) is 7.47 Å². The van der Waals surface area contributed by atoms with Crippen LogP contribution in [0.25, 0.3) is 0 Å². The monoisotopic (exact) mass is 145 g/mol. The molecule has 0 aromatic heterocycles. The van der Waals surface area contributed by atoms with E-state index in [1.165, 1.54) is 32.2 Å². The summed E-state index contributed by atoms with van der Waals surface area (Å²) in [6.07, 6.45) is 5.45. The van der Waals surface area contributed by atoms with E-state index in [9.17, 15) is 0 Å². The normalized spacial score (nSPS) is 10.8. The first kappa shape index (κ1) is 9.96. The second kappa shape index (κ2) is 7.07. The van der Waals surface area contributed by atoms with Gasteiger partial charge in [-0.15, -0.1) is 0 Å². The third-order valence-electron chi connectivity index (χ3n) is 1.58. The molecule has 64 valence electrons. The molecule has 0 heterocycles. The van der Waals surface area contributed by atoms with Gasteiger partial charge in [0.05, 0.1) is 0 Å². The van der Waals surface area contributed by atoms with Gasteiger partial charge in [-0.3, -0.25) is 0 Å². The van der Waals surface area contributed by atoms with Crippen LogP contribution in [0, 0.1) is 0 Å². The molecule has 0 saturated heterocycles. The fraction of sp³-hybridized carbons (Fsp3) is 1.00. The Morgan fingerprint density at radius 3 is 2.40 bits per heavy atom. The van der Waals surface area contributed by atoms with Crippen molar-refractivity contribution in [2.24, 2.45) is 0 Å². The molecular formula is C9H23N. The third-order valence-corrected chi connectivity index (χ3v) is 1.58. The van der Waals surface area contributed by atoms with Crippen molar-refractivity contribution in [1.29, 1.82) is 0 Å². The molecule has 0 aliphatic carbocycles. The molecule has 1 N–H and O–H groups in total. The average Bonchev–Trinajstić information content (AvgIpc) is 1.87. The topological polar surface area (TPSA) is 12.0 Å². The minimum absolute atomic E-state index is 0. The molecule has 0 spiro atoms. The number of nitrogens with one attached hydrogen (secondary N) is 1. The molecule has 0 saturated carbocycles. The van der Waals surface area contributed by atoms with Crippen molar-refractivity contribution < 1.29 is 1.43 Å². The van der Waals surface area contributed by atoms with Crippen LogP contribution in [0.3, 0.4) is 0 Å². The van der Waals surface area contributed by atoms with Gasteiger partial charge in [-0.2, -0.15) is 0 Å². The molecule has 0 aromatic carbocycles. The lowest BCUT2D eigenvalue weighted by Gasteiger charge is -2.06. The highest BCUT2D eigenvalue weighted by Crippen LogP contribution is 1.97. The maximum Gasteiger partial charge on any atom is 0.00103 e. The van der Waals surface area contributed by atoms with Crippen LogP contribution in [0.4, 0.5) is 0 Å². The molecule has 10 heavy (non-hydrogen) atoms. The quantitative estimate of drug-likeness (QED) is 0.567. The Labute approximate surface area is 66.7 Å². The van der Waals surface area contributed by atoms with Crippen molar-refractivity contribution in [3.05, 3.63) is 0 Å². The lowest BCUT2D eigenvalue weighted by atomic mass is 10.2. The highest BCUT2D eigenvalue weighted by Gasteiger charge is 1.90. The highest BCUT2D eigenvalue weighted by molar-refractivity contribution is 4.52. The molecule has 0 atom stereocenters. The van der Waals surface area contributed by atoms with Crippen molar-refractivity contribution in [1.82, 2.24) is 5.32 Å². The van der Waals surface area contributed by atoms with E-state index in [2.05, 4.69) is 26.1 Å². The second-order valence-corrected chi connectivity index (χ2v) is 3.17. The van der Waals surface area contributed by atoms with E-state index in [1.807, 2.05) is 0 Å². The van der Waals surface area contributed by atoms with Gasteiger partial charge >= 0.3 is 0 Å². The molecule has 0 aliphatic heterocycles. The van der Waals surface area contributed by atoms with Crippen LogP contribution in [0.5, 0.6) is 0 Å². The largest absolute Gasteiger partial charge is 0.315 e. The van der Waals surface area contributed by atoms with E-state index in [-0.39, 0.29) is 1.43 Å². The minimum atomic E-state index is 0. The van der Waals surface area contributed by atoms with Gasteiger partial charge in [0.15, 0.2) is 0 Å². The van der Waals surface area contributed by atoms with Crippen LogP contribution >= 0.6 is 0 Å². The van der Waals surface area contributed by atoms with Gasteiger partial charge in [0.25, 0.3) is 0 Å². The predicted octanol–water partition coefficient (Wildman–Crippen LogP) is 2.81. The summed E-state index contributed by atoms with van der Waals surface area (Å²) in [6, 6.07) is 0.654. The van der Waals surface area contributed by atoms with Gasteiger partial charge in [-0.1, -0.05) is 40.0 Å². The summed E-state index contributed by atoms with van der Waals surface area (Å²) in [5.41, 5.74) is 0. The lowest BCUT2D eigenvalue weighted by Crippen LogP contribution is -2.23. The van der Waals surface area contributed by atoms with E-state index in [0.717, 1.165) is 0 Å². The van der Waals surface area contributed by atoms with Crippen molar-refractivity contribution in [3.63, 3.8) is 0 Å². The zero-order valence-electron chi connectivity index (χ0n) is 7.61. The predicted molar refractivity (Wildman–Crippen MR) is 49.4 cm³/mol. The van der Waals surface area contributed by atoms with Gasteiger partial charge in [0.2, 0.25) is 0 Å². The van der Waals surface area contributed by atoms with E-state index >= 15 is 0 Å². The summed E-state index contributed by atoms with van der Waals surface area (Å²) in [5.74, 6) is 0. The van der Waals surface area contributed by atoms with Crippen LogP contribution in [-0.2, 0) is 0 Å². The van der Waals surface area contributed by atoms with Crippen LogP contribution in [0.1, 0.15) is 47.9 Å². The summed E-state index contributed by atoms with van der Waals surface area (Å²) in [7, 11) is 0. The Bertz CT molecular complexity index is 64.6. The zero-order chi connectivity index (χ0) is 7.82. The fourth-order valence-corrected chi connectivity index (χ4v) is 0.943. The average molecular weight is 145 g/mol. The van der Waals surface area contributed by atoms with E-state index in [0.29, 0.717) is 6.04 Å². The number of hydrogen-bond donors (Lipinski definition) is 1. The van der Waals surface area contributed by atoms with E-state index in [1.54, 1.807) is 0 Å². The van der Waals surface area contributed by atoms with Crippen molar-refractivity contribution in [2.75, 3.05) is 6.54 Å². The number of hydrogen-bond acceptors (Lipinski definition) is 1. The highest BCUT2D eigenvalue weighted by atomic mass is 14.9. The Morgan fingerprint density at radius 1 is 1.20 bits per heavy atom. The molecule has 0 rings (SSSR count). The first-order valence-electron chi connectivity index (χ1n) is 4.50. The van der Waals surface area contributed by atoms with Gasteiger partial charge in [0.1, 0.15) is 0 Å². The Balaban J connectivity index is 0. The molecule has 1 heteroatoms. The Hall–Kier alpha value is -0.0400. The zero-order valence-corrected chi connectivity index (χ0v) is 7.61. The van der Waals surface area contributed by atoms with Crippen LogP contribution < -0.4 is 5.32 Å². The van der Waals surface area contributed by atoms with Gasteiger partial charge in [-0.25, -0.2) is 0 Å². The molecule has 0 radical (unpaired) electrons. The number of rotatable bonds is 6. The summed E-state index contributed by atoms with van der Waals surface area (Å²) < 4.78 is 0. The molecule has 0 bridgehead atoms. The SMILES string of the molecule is CCCCCCNC(C)C.[HH]. The van der Waals surface area contributed by atoms with Crippen molar-refractivity contribution in [2.45, 2.75) is 52.5 Å². The van der Waals surface area contributed by atoms with Crippen LogP contribution in [-0.4, -0.2) is 12.6 Å². The molecule has 0 aliphatic rings. The summed E-state index contributed by atoms with van der Waals surface area (Å²) >= 11 is 0.